The first-order valence-electron chi connectivity index (χ1n) is 4.72. The molecular weight excluding hydrogens is 184 g/mol. The summed E-state index contributed by atoms with van der Waals surface area (Å²) < 4.78 is 5.07. The van der Waals surface area contributed by atoms with Gasteiger partial charge in [0.2, 0.25) is 5.91 Å². The van der Waals surface area contributed by atoms with E-state index < -0.39 is 11.5 Å². The van der Waals surface area contributed by atoms with Crippen LogP contribution in [0.3, 0.4) is 0 Å². The number of aliphatic hydroxyl groups is 1. The molecular formula is C9H18N2O3. The van der Waals surface area contributed by atoms with Crippen LogP contribution in [-0.4, -0.2) is 42.9 Å². The minimum Gasteiger partial charge on any atom is -0.389 e. The lowest BCUT2D eigenvalue weighted by molar-refractivity contribution is -0.125. The van der Waals surface area contributed by atoms with Gasteiger partial charge in [-0.25, -0.2) is 0 Å². The van der Waals surface area contributed by atoms with Gasteiger partial charge < -0.3 is 20.9 Å². The van der Waals surface area contributed by atoms with Gasteiger partial charge in [0, 0.05) is 6.54 Å². The zero-order valence-electron chi connectivity index (χ0n) is 8.62. The molecule has 1 amide bonds. The van der Waals surface area contributed by atoms with Gasteiger partial charge in [0.05, 0.1) is 30.8 Å². The zero-order chi connectivity index (χ0) is 10.8. The summed E-state index contributed by atoms with van der Waals surface area (Å²) in [4.78, 5) is 11.0. The highest BCUT2D eigenvalue weighted by atomic mass is 16.5. The molecule has 0 saturated carbocycles. The number of nitrogens with one attached hydrogen (secondary N) is 1. The topological polar surface area (TPSA) is 84.6 Å². The second-order valence-electron chi connectivity index (χ2n) is 4.34. The molecule has 0 aromatic heterocycles. The third-order valence-electron chi connectivity index (χ3n) is 2.52. The highest BCUT2D eigenvalue weighted by molar-refractivity contribution is 5.80. The van der Waals surface area contributed by atoms with E-state index >= 15 is 0 Å². The Labute approximate surface area is 83.6 Å². The molecule has 0 aromatic rings. The molecule has 1 fully saturated rings. The Kier molecular flexibility index (Phi) is 3.47. The van der Waals surface area contributed by atoms with Gasteiger partial charge in [-0.2, -0.15) is 0 Å². The van der Waals surface area contributed by atoms with Crippen molar-refractivity contribution in [1.29, 1.82) is 0 Å². The molecule has 14 heavy (non-hydrogen) atoms. The van der Waals surface area contributed by atoms with E-state index in [-0.39, 0.29) is 11.9 Å². The number of amides is 1. The van der Waals surface area contributed by atoms with E-state index in [0.29, 0.717) is 19.8 Å². The Morgan fingerprint density at radius 1 is 1.64 bits per heavy atom. The molecule has 1 aliphatic rings. The average molecular weight is 202 g/mol. The monoisotopic (exact) mass is 202 g/mol. The van der Waals surface area contributed by atoms with Crippen LogP contribution >= 0.6 is 0 Å². The van der Waals surface area contributed by atoms with Crippen LogP contribution in [0.2, 0.25) is 0 Å². The van der Waals surface area contributed by atoms with Crippen molar-refractivity contribution in [2.45, 2.75) is 26.0 Å². The van der Waals surface area contributed by atoms with Crippen molar-refractivity contribution in [3.8, 4) is 0 Å². The van der Waals surface area contributed by atoms with Crippen LogP contribution < -0.4 is 11.1 Å². The van der Waals surface area contributed by atoms with Crippen LogP contribution in [0.15, 0.2) is 0 Å². The maximum Gasteiger partial charge on any atom is 0.224 e. The van der Waals surface area contributed by atoms with Crippen LogP contribution in [0, 0.1) is 5.41 Å². The summed E-state index contributed by atoms with van der Waals surface area (Å²) in [6.45, 7) is 4.83. The van der Waals surface area contributed by atoms with Gasteiger partial charge in [0.25, 0.3) is 0 Å². The summed E-state index contributed by atoms with van der Waals surface area (Å²) >= 11 is 0. The van der Waals surface area contributed by atoms with Crippen LogP contribution in [0.5, 0.6) is 0 Å². The highest BCUT2D eigenvalue weighted by Gasteiger charge is 2.30. The maximum absolute atomic E-state index is 11.0. The van der Waals surface area contributed by atoms with Gasteiger partial charge in [-0.05, 0) is 13.8 Å². The fourth-order valence-corrected chi connectivity index (χ4v) is 1.21. The van der Waals surface area contributed by atoms with Crippen molar-refractivity contribution >= 4 is 5.91 Å². The number of hydrogen-bond donors (Lipinski definition) is 3. The number of aliphatic hydroxyl groups excluding tert-OH is 1. The number of carbonyl (C=O) groups is 1. The second kappa shape index (κ2) is 4.25. The van der Waals surface area contributed by atoms with Gasteiger partial charge >= 0.3 is 0 Å². The van der Waals surface area contributed by atoms with E-state index in [4.69, 9.17) is 10.5 Å². The molecule has 5 nitrogen and oxygen atoms in total. The van der Waals surface area contributed by atoms with Crippen molar-refractivity contribution in [3.05, 3.63) is 0 Å². The first-order chi connectivity index (χ1) is 6.43. The normalized spacial score (nSPS) is 27.9. The number of ether oxygens (including phenoxy) is 1. The van der Waals surface area contributed by atoms with Crippen LogP contribution in [0.1, 0.15) is 13.8 Å². The highest BCUT2D eigenvalue weighted by Crippen LogP contribution is 2.14. The molecule has 1 saturated heterocycles. The summed E-state index contributed by atoms with van der Waals surface area (Å²) in [6.07, 6.45) is -0.487. The van der Waals surface area contributed by atoms with E-state index in [1.165, 1.54) is 0 Å². The summed E-state index contributed by atoms with van der Waals surface area (Å²) in [5.74, 6) is -0.349. The molecule has 0 bridgehead atoms. The third kappa shape index (κ3) is 2.67. The lowest BCUT2D eigenvalue weighted by Gasteiger charge is -2.24. The Bertz CT molecular complexity index is 218. The fourth-order valence-electron chi connectivity index (χ4n) is 1.21. The Hall–Kier alpha value is -0.650. The van der Waals surface area contributed by atoms with Gasteiger partial charge in [-0.1, -0.05) is 0 Å². The number of rotatable bonds is 4. The number of nitrogens with two attached hydrogens (primary N) is 1. The van der Waals surface area contributed by atoms with Crippen LogP contribution in [0.25, 0.3) is 0 Å². The van der Waals surface area contributed by atoms with Crippen molar-refractivity contribution in [1.82, 2.24) is 5.32 Å². The molecule has 1 aliphatic heterocycles. The maximum atomic E-state index is 11.0. The minimum atomic E-state index is -0.595. The third-order valence-corrected chi connectivity index (χ3v) is 2.52. The van der Waals surface area contributed by atoms with Crippen molar-refractivity contribution in [3.63, 3.8) is 0 Å². The molecule has 82 valence electrons. The molecule has 2 atom stereocenters. The summed E-state index contributed by atoms with van der Waals surface area (Å²) in [5, 5.41) is 12.5. The molecule has 0 aliphatic carbocycles. The number of primary amides is 1. The molecule has 1 rings (SSSR count). The van der Waals surface area contributed by atoms with Gasteiger partial charge in [0.1, 0.15) is 0 Å². The van der Waals surface area contributed by atoms with Gasteiger partial charge in [0.15, 0.2) is 0 Å². The fraction of sp³-hybridized carbons (Fsp3) is 0.889. The molecule has 5 heteroatoms. The average Bonchev–Trinajstić information content (AvgIpc) is 2.47. The van der Waals surface area contributed by atoms with E-state index in [0.717, 1.165) is 0 Å². The zero-order valence-corrected chi connectivity index (χ0v) is 8.62. The van der Waals surface area contributed by atoms with E-state index in [9.17, 15) is 9.90 Å². The van der Waals surface area contributed by atoms with Crippen molar-refractivity contribution < 1.29 is 14.6 Å². The summed E-state index contributed by atoms with van der Waals surface area (Å²) in [7, 11) is 0. The number of carbonyl (C=O) groups excluding carboxylic acids is 1. The van der Waals surface area contributed by atoms with E-state index in [2.05, 4.69) is 5.32 Å². The minimum absolute atomic E-state index is 0.0892. The van der Waals surface area contributed by atoms with Gasteiger partial charge in [-0.15, -0.1) is 0 Å². The molecule has 4 N–H and O–H groups in total. The SMILES string of the molecule is CC(C)(CNC1COCC1O)C(N)=O. The van der Waals surface area contributed by atoms with Crippen LogP contribution in [-0.2, 0) is 9.53 Å². The van der Waals surface area contributed by atoms with E-state index in [1.54, 1.807) is 13.8 Å². The quantitative estimate of drug-likeness (QED) is 0.537. The number of hydrogen-bond acceptors (Lipinski definition) is 4. The molecule has 0 aromatic carbocycles. The van der Waals surface area contributed by atoms with E-state index in [1.807, 2.05) is 0 Å². The van der Waals surface area contributed by atoms with Crippen molar-refractivity contribution in [2.24, 2.45) is 11.1 Å². The van der Waals surface area contributed by atoms with Crippen LogP contribution in [0.4, 0.5) is 0 Å². The lowest BCUT2D eigenvalue weighted by Crippen LogP contribution is -2.47. The standard InChI is InChI=1S/C9H18N2O3/c1-9(2,8(10)13)5-11-6-3-14-4-7(6)12/h6-7,11-12H,3-5H2,1-2H3,(H2,10,13). The molecule has 2 unspecified atom stereocenters. The molecule has 0 spiro atoms. The predicted octanol–water partition coefficient (Wildman–Crippen LogP) is -1.15. The Morgan fingerprint density at radius 2 is 2.29 bits per heavy atom. The Balaban J connectivity index is 2.36. The second-order valence-corrected chi connectivity index (χ2v) is 4.34. The lowest BCUT2D eigenvalue weighted by atomic mass is 9.92. The summed E-state index contributed by atoms with van der Waals surface area (Å²) in [6, 6.07) is -0.0892. The Morgan fingerprint density at radius 3 is 2.71 bits per heavy atom. The predicted molar refractivity (Wildman–Crippen MR) is 51.6 cm³/mol. The summed E-state index contributed by atoms with van der Waals surface area (Å²) in [5.41, 5.74) is 4.62. The first kappa shape index (κ1) is 11.4. The first-order valence-corrected chi connectivity index (χ1v) is 4.72. The molecule has 1 heterocycles. The van der Waals surface area contributed by atoms with Crippen molar-refractivity contribution in [2.75, 3.05) is 19.8 Å². The smallest absolute Gasteiger partial charge is 0.224 e. The van der Waals surface area contributed by atoms with Gasteiger partial charge in [-0.3, -0.25) is 4.79 Å². The molecule has 0 radical (unpaired) electrons. The largest absolute Gasteiger partial charge is 0.389 e.